The first kappa shape index (κ1) is 40.5. The second-order valence-electron chi connectivity index (χ2n) is 13.4. The Bertz CT molecular complexity index is 1800. The first-order valence-corrected chi connectivity index (χ1v) is 17.4. The van der Waals surface area contributed by atoms with E-state index in [1.54, 1.807) is 45.0 Å². The van der Waals surface area contributed by atoms with Crippen molar-refractivity contribution < 1.29 is 38.2 Å². The predicted molar refractivity (Wildman–Crippen MR) is 199 cm³/mol. The molecule has 4 aromatic rings. The summed E-state index contributed by atoms with van der Waals surface area (Å²) in [5.41, 5.74) is 7.73. The van der Waals surface area contributed by atoms with Crippen molar-refractivity contribution in [3.8, 4) is 5.75 Å². The summed E-state index contributed by atoms with van der Waals surface area (Å²) in [5.74, 6) is -2.29. The van der Waals surface area contributed by atoms with Crippen LogP contribution in [0.1, 0.15) is 43.2 Å². The van der Waals surface area contributed by atoms with E-state index in [1.165, 1.54) is 12.5 Å². The maximum Gasteiger partial charge on any atom is 0.408 e. The summed E-state index contributed by atoms with van der Waals surface area (Å²) in [7, 11) is 0. The van der Waals surface area contributed by atoms with Crippen molar-refractivity contribution in [2.24, 2.45) is 5.73 Å². The first-order valence-electron chi connectivity index (χ1n) is 17.4. The highest BCUT2D eigenvalue weighted by atomic mass is 16.6. The van der Waals surface area contributed by atoms with E-state index in [0.29, 0.717) is 23.6 Å². The Morgan fingerprint density at radius 3 is 1.98 bits per heavy atom. The fourth-order valence-electron chi connectivity index (χ4n) is 5.06. The molecule has 0 radical (unpaired) electrons. The zero-order chi connectivity index (χ0) is 38.9. The number of primary amides is 1. The van der Waals surface area contributed by atoms with Gasteiger partial charge >= 0.3 is 6.09 Å². The number of nitrogens with one attached hydrogen (secondary N) is 5. The van der Waals surface area contributed by atoms with Crippen molar-refractivity contribution in [3.05, 3.63) is 120 Å². The topological polar surface area (TPSA) is 216 Å². The third-order valence-corrected chi connectivity index (χ3v) is 7.73. The Labute approximate surface area is 313 Å². The highest BCUT2D eigenvalue weighted by Crippen LogP contribution is 2.16. The van der Waals surface area contributed by atoms with Crippen LogP contribution in [-0.2, 0) is 54.7 Å². The number of hydrogen-bond acceptors (Lipinski definition) is 9. The summed E-state index contributed by atoms with van der Waals surface area (Å²) in [4.78, 5) is 71.8. The quantitative estimate of drug-likeness (QED) is 0.0831. The van der Waals surface area contributed by atoms with E-state index < -0.39 is 60.0 Å². The van der Waals surface area contributed by atoms with Gasteiger partial charge in [0, 0.05) is 24.7 Å². The van der Waals surface area contributed by atoms with Gasteiger partial charge in [-0.3, -0.25) is 19.2 Å². The van der Waals surface area contributed by atoms with Crippen LogP contribution in [-0.4, -0.2) is 76.6 Å². The molecule has 0 spiro atoms. The molecule has 1 heterocycles. The number of nitrogens with two attached hydrogens (primary N) is 1. The van der Waals surface area contributed by atoms with Crippen molar-refractivity contribution in [1.82, 2.24) is 31.2 Å². The average molecular weight is 742 g/mol. The van der Waals surface area contributed by atoms with Gasteiger partial charge in [0.15, 0.2) is 0 Å². The summed E-state index contributed by atoms with van der Waals surface area (Å²) < 4.78 is 17.1. The van der Waals surface area contributed by atoms with Crippen LogP contribution in [0.2, 0.25) is 0 Å². The van der Waals surface area contributed by atoms with Gasteiger partial charge in [0.1, 0.15) is 36.1 Å². The molecule has 0 aliphatic carbocycles. The number of aromatic nitrogens is 2. The first-order chi connectivity index (χ1) is 25.8. The van der Waals surface area contributed by atoms with E-state index in [-0.39, 0.29) is 26.1 Å². The smallest absolute Gasteiger partial charge is 0.408 e. The zero-order valence-electron chi connectivity index (χ0n) is 30.5. The Hall–Kier alpha value is -6.22. The molecule has 4 rings (SSSR count). The molecule has 0 fully saturated rings. The van der Waals surface area contributed by atoms with Gasteiger partial charge in [-0.2, -0.15) is 0 Å². The number of carbonyl (C=O) groups excluding carboxylic acids is 5. The number of H-pyrrole nitrogens is 1. The number of ether oxygens (including phenoxy) is 3. The molecular weight excluding hydrogens is 694 g/mol. The molecule has 0 unspecified atom stereocenters. The second kappa shape index (κ2) is 20.1. The van der Waals surface area contributed by atoms with Gasteiger partial charge in [-0.05, 0) is 49.6 Å². The Morgan fingerprint density at radius 2 is 1.39 bits per heavy atom. The fourth-order valence-corrected chi connectivity index (χ4v) is 5.06. The van der Waals surface area contributed by atoms with Crippen LogP contribution in [0.25, 0.3) is 0 Å². The van der Waals surface area contributed by atoms with Gasteiger partial charge in [0.2, 0.25) is 23.6 Å². The SMILES string of the molecule is CC(C)(C)OC(=O)N[C@H](COCc1ccccc1)C(=O)N[C@@H](Cc1ccc(OCc2ccccc2)cc1)C(=O)NCC(=O)N[C@H](Cc1cnc[nH]1)C(N)=O. The molecule has 286 valence electrons. The van der Waals surface area contributed by atoms with Crippen LogP contribution in [0, 0.1) is 0 Å². The van der Waals surface area contributed by atoms with Crippen LogP contribution in [0.5, 0.6) is 5.75 Å². The molecule has 7 N–H and O–H groups in total. The van der Waals surface area contributed by atoms with E-state index in [1.807, 2.05) is 60.7 Å². The summed E-state index contributed by atoms with van der Waals surface area (Å²) >= 11 is 0. The minimum atomic E-state index is -1.25. The number of benzene rings is 3. The summed E-state index contributed by atoms with van der Waals surface area (Å²) in [6.07, 6.45) is 2.15. The third-order valence-electron chi connectivity index (χ3n) is 7.73. The molecule has 0 saturated carbocycles. The number of hydrogen-bond donors (Lipinski definition) is 6. The lowest BCUT2D eigenvalue weighted by Crippen LogP contribution is -2.57. The molecule has 54 heavy (non-hydrogen) atoms. The van der Waals surface area contributed by atoms with Crippen molar-refractivity contribution >= 4 is 29.7 Å². The van der Waals surface area contributed by atoms with E-state index in [2.05, 4.69) is 31.2 Å². The van der Waals surface area contributed by atoms with Crippen molar-refractivity contribution in [3.63, 3.8) is 0 Å². The Morgan fingerprint density at radius 1 is 0.741 bits per heavy atom. The summed E-state index contributed by atoms with van der Waals surface area (Å²) in [5, 5.41) is 10.3. The predicted octanol–water partition coefficient (Wildman–Crippen LogP) is 2.46. The number of nitrogens with zero attached hydrogens (tertiary/aromatic N) is 1. The van der Waals surface area contributed by atoms with E-state index in [4.69, 9.17) is 19.9 Å². The largest absolute Gasteiger partial charge is 0.489 e. The van der Waals surface area contributed by atoms with E-state index in [9.17, 15) is 24.0 Å². The molecule has 3 atom stereocenters. The van der Waals surface area contributed by atoms with Gasteiger partial charge in [0.25, 0.3) is 0 Å². The number of alkyl carbamates (subject to hydrolysis) is 1. The standard InChI is InChI=1S/C39H47N7O8/c1-39(2,3)54-38(51)46-33(24-52-22-27-10-6-4-7-11-27)37(50)45-32(18-26-14-16-30(17-15-26)53-23-28-12-8-5-9-13-28)36(49)42-21-34(47)44-31(35(40)48)19-29-20-41-25-43-29/h4-17,20,25,31-33H,18-19,21-24H2,1-3H3,(H2,40,48)(H,41,43)(H,42,49)(H,44,47)(H,45,50)(H,46,51)/t31-,32+,33-/m1/s1. The minimum absolute atomic E-state index is 0.00588. The number of imidazole rings is 1. The fraction of sp³-hybridized carbons (Fsp3) is 0.333. The van der Waals surface area contributed by atoms with E-state index >= 15 is 0 Å². The van der Waals surface area contributed by atoms with Crippen LogP contribution in [0.3, 0.4) is 0 Å². The van der Waals surface area contributed by atoms with Crippen molar-refractivity contribution in [1.29, 1.82) is 0 Å². The Kier molecular flexibility index (Phi) is 15.1. The van der Waals surface area contributed by atoms with Crippen LogP contribution in [0.15, 0.2) is 97.5 Å². The monoisotopic (exact) mass is 741 g/mol. The van der Waals surface area contributed by atoms with Gasteiger partial charge in [-0.15, -0.1) is 0 Å². The lowest BCUT2D eigenvalue weighted by molar-refractivity contribution is -0.132. The van der Waals surface area contributed by atoms with Crippen LogP contribution < -0.4 is 31.7 Å². The van der Waals surface area contributed by atoms with Gasteiger partial charge in [-0.1, -0.05) is 72.8 Å². The highest BCUT2D eigenvalue weighted by molar-refractivity contribution is 5.94. The minimum Gasteiger partial charge on any atom is -0.489 e. The average Bonchev–Trinajstić information content (AvgIpc) is 3.66. The Balaban J connectivity index is 1.47. The maximum absolute atomic E-state index is 13.8. The molecule has 3 aromatic carbocycles. The van der Waals surface area contributed by atoms with Crippen molar-refractivity contribution in [2.75, 3.05) is 13.2 Å². The molecule has 1 aromatic heterocycles. The zero-order valence-corrected chi connectivity index (χ0v) is 30.5. The number of aromatic amines is 1. The lowest BCUT2D eigenvalue weighted by Gasteiger charge is -2.25. The maximum atomic E-state index is 13.8. The molecule has 5 amide bonds. The normalized spacial score (nSPS) is 12.7. The lowest BCUT2D eigenvalue weighted by atomic mass is 10.0. The van der Waals surface area contributed by atoms with Crippen LogP contribution >= 0.6 is 0 Å². The van der Waals surface area contributed by atoms with Gasteiger partial charge in [-0.25, -0.2) is 9.78 Å². The summed E-state index contributed by atoms with van der Waals surface area (Å²) in [6, 6.07) is 22.4. The molecule has 0 bridgehead atoms. The third kappa shape index (κ3) is 14.4. The van der Waals surface area contributed by atoms with Crippen molar-refractivity contribution in [2.45, 2.75) is 70.6 Å². The highest BCUT2D eigenvalue weighted by Gasteiger charge is 2.30. The van der Waals surface area contributed by atoms with Gasteiger partial charge in [0.05, 0.1) is 26.1 Å². The molecule has 15 nitrogen and oxygen atoms in total. The molecule has 0 saturated heterocycles. The number of rotatable bonds is 19. The number of amides is 5. The van der Waals surface area contributed by atoms with Gasteiger partial charge < -0.3 is 46.2 Å². The summed E-state index contributed by atoms with van der Waals surface area (Å²) in [6.45, 7) is 4.81. The number of carbonyl (C=O) groups is 5. The second-order valence-corrected chi connectivity index (χ2v) is 13.4. The molecular formula is C39H47N7O8. The molecule has 15 heteroatoms. The molecule has 0 aliphatic heterocycles. The van der Waals surface area contributed by atoms with Crippen LogP contribution in [0.4, 0.5) is 4.79 Å². The van der Waals surface area contributed by atoms with E-state index in [0.717, 1.165) is 11.1 Å². The molecule has 0 aliphatic rings.